The van der Waals surface area contributed by atoms with Gasteiger partial charge in [-0.1, -0.05) is 24.3 Å². The fourth-order valence-electron chi connectivity index (χ4n) is 1.83. The van der Waals surface area contributed by atoms with Crippen LogP contribution in [0.5, 0.6) is 0 Å². The van der Waals surface area contributed by atoms with E-state index >= 15 is 0 Å². The molecule has 0 saturated heterocycles. The van der Waals surface area contributed by atoms with Crippen LogP contribution >= 0.6 is 15.9 Å². The Kier molecular flexibility index (Phi) is 4.96. The topological polar surface area (TPSA) is 88.9 Å². The van der Waals surface area contributed by atoms with Gasteiger partial charge in [-0.05, 0) is 40.2 Å². The number of benzene rings is 1. The van der Waals surface area contributed by atoms with Crippen LogP contribution in [0.25, 0.3) is 0 Å². The van der Waals surface area contributed by atoms with Crippen molar-refractivity contribution in [1.82, 2.24) is 20.3 Å². The number of aryl methyl sites for hydroxylation is 1. The van der Waals surface area contributed by atoms with Crippen LogP contribution in [0.2, 0.25) is 0 Å². The molecule has 21 heavy (non-hydrogen) atoms. The molecule has 2 N–H and O–H groups in total. The van der Waals surface area contributed by atoms with Gasteiger partial charge >= 0.3 is 0 Å². The second-order valence-corrected chi connectivity index (χ2v) is 6.74. The Morgan fingerprint density at radius 1 is 1.38 bits per heavy atom. The van der Waals surface area contributed by atoms with E-state index in [-0.39, 0.29) is 9.63 Å². The molecule has 0 radical (unpaired) electrons. The summed E-state index contributed by atoms with van der Waals surface area (Å²) in [5.74, 6) is 0. The maximum Gasteiger partial charge on any atom is 0.281 e. The standard InChI is InChI=1S/C12H16BrN5O2S/c1-3-14-8-9-5-4-6-10(7-9)16-21(19,20)12-11(13)15-17-18(12)2/h4-7,14,16H,3,8H2,1-2H3. The third kappa shape index (κ3) is 3.80. The van der Waals surface area contributed by atoms with Gasteiger partial charge in [0.2, 0.25) is 5.03 Å². The Labute approximate surface area is 131 Å². The summed E-state index contributed by atoms with van der Waals surface area (Å²) in [6, 6.07) is 7.23. The molecule has 0 aliphatic heterocycles. The van der Waals surface area contributed by atoms with Crippen molar-refractivity contribution in [3.63, 3.8) is 0 Å². The van der Waals surface area contributed by atoms with Crippen LogP contribution in [0.3, 0.4) is 0 Å². The van der Waals surface area contributed by atoms with E-state index in [4.69, 9.17) is 0 Å². The van der Waals surface area contributed by atoms with Gasteiger partial charge in [-0.15, -0.1) is 5.10 Å². The lowest BCUT2D eigenvalue weighted by Crippen LogP contribution is -2.17. The fourth-order valence-corrected chi connectivity index (χ4v) is 3.97. The zero-order valence-corrected chi connectivity index (χ0v) is 14.1. The minimum atomic E-state index is -3.75. The molecule has 0 aliphatic rings. The van der Waals surface area contributed by atoms with E-state index in [1.807, 2.05) is 13.0 Å². The highest BCUT2D eigenvalue weighted by Crippen LogP contribution is 2.21. The van der Waals surface area contributed by atoms with Gasteiger partial charge < -0.3 is 5.32 Å². The predicted molar refractivity (Wildman–Crippen MR) is 83.3 cm³/mol. The van der Waals surface area contributed by atoms with Crippen LogP contribution in [0, 0.1) is 0 Å². The second kappa shape index (κ2) is 6.54. The molecular formula is C12H16BrN5O2S. The van der Waals surface area contributed by atoms with Crippen LogP contribution in [-0.4, -0.2) is 30.0 Å². The van der Waals surface area contributed by atoms with E-state index in [1.54, 1.807) is 18.2 Å². The van der Waals surface area contributed by atoms with Gasteiger partial charge in [0, 0.05) is 19.3 Å². The number of nitrogens with one attached hydrogen (secondary N) is 2. The van der Waals surface area contributed by atoms with E-state index in [0.717, 1.165) is 12.1 Å². The summed E-state index contributed by atoms with van der Waals surface area (Å²) in [5, 5.41) is 10.5. The van der Waals surface area contributed by atoms with Gasteiger partial charge in [0.1, 0.15) is 0 Å². The molecule has 0 saturated carbocycles. The third-order valence-electron chi connectivity index (χ3n) is 2.75. The molecular weight excluding hydrogens is 358 g/mol. The highest BCUT2D eigenvalue weighted by atomic mass is 79.9. The van der Waals surface area contributed by atoms with Crippen LogP contribution in [0.15, 0.2) is 33.9 Å². The molecule has 7 nitrogen and oxygen atoms in total. The average Bonchev–Trinajstić information content (AvgIpc) is 2.76. The van der Waals surface area contributed by atoms with Gasteiger partial charge in [0.05, 0.1) is 0 Å². The molecule has 1 aromatic carbocycles. The van der Waals surface area contributed by atoms with Crippen LogP contribution in [0.1, 0.15) is 12.5 Å². The molecule has 0 aliphatic carbocycles. The van der Waals surface area contributed by atoms with Crippen molar-refractivity contribution < 1.29 is 8.42 Å². The van der Waals surface area contributed by atoms with Crippen LogP contribution in [-0.2, 0) is 23.6 Å². The van der Waals surface area contributed by atoms with E-state index in [1.165, 1.54) is 11.7 Å². The van der Waals surface area contributed by atoms with Gasteiger partial charge in [-0.2, -0.15) is 8.42 Å². The van der Waals surface area contributed by atoms with E-state index < -0.39 is 10.0 Å². The van der Waals surface area contributed by atoms with E-state index in [2.05, 4.69) is 36.3 Å². The summed E-state index contributed by atoms with van der Waals surface area (Å²) in [5.41, 5.74) is 1.50. The Morgan fingerprint density at radius 3 is 2.76 bits per heavy atom. The van der Waals surface area contributed by atoms with Gasteiger partial charge in [-0.25, -0.2) is 4.68 Å². The number of anilines is 1. The Balaban J connectivity index is 2.25. The van der Waals surface area contributed by atoms with Crippen molar-refractivity contribution in [3.8, 4) is 0 Å². The summed E-state index contributed by atoms with van der Waals surface area (Å²) in [7, 11) is -2.23. The van der Waals surface area contributed by atoms with Crippen LogP contribution < -0.4 is 10.0 Å². The molecule has 2 aromatic rings. The average molecular weight is 374 g/mol. The smallest absolute Gasteiger partial charge is 0.281 e. The Morgan fingerprint density at radius 2 is 2.14 bits per heavy atom. The Bertz CT molecular complexity index is 709. The first-order valence-electron chi connectivity index (χ1n) is 6.31. The lowest BCUT2D eigenvalue weighted by Gasteiger charge is -2.09. The molecule has 114 valence electrons. The normalized spacial score (nSPS) is 11.6. The van der Waals surface area contributed by atoms with Crippen molar-refractivity contribution in [2.75, 3.05) is 11.3 Å². The SMILES string of the molecule is CCNCc1cccc(NS(=O)(=O)c2c(Br)nnn2C)c1. The number of rotatable bonds is 6. The maximum atomic E-state index is 12.4. The molecule has 1 heterocycles. The molecule has 0 fully saturated rings. The molecule has 1 aromatic heterocycles. The predicted octanol–water partition coefficient (Wildman–Crippen LogP) is 1.49. The minimum absolute atomic E-state index is 0.0143. The Hall–Kier alpha value is -1.45. The molecule has 2 rings (SSSR count). The van der Waals surface area contributed by atoms with Gasteiger partial charge in [-0.3, -0.25) is 4.72 Å². The summed E-state index contributed by atoms with van der Waals surface area (Å²) in [6.45, 7) is 3.55. The van der Waals surface area contributed by atoms with Crippen molar-refractivity contribution >= 4 is 31.6 Å². The van der Waals surface area contributed by atoms with Gasteiger partial charge in [0.25, 0.3) is 10.0 Å². The molecule has 0 spiro atoms. The van der Waals surface area contributed by atoms with Crippen LogP contribution in [0.4, 0.5) is 5.69 Å². The zero-order valence-electron chi connectivity index (χ0n) is 11.7. The first kappa shape index (κ1) is 15.9. The number of hydrogen-bond acceptors (Lipinski definition) is 5. The number of nitrogens with zero attached hydrogens (tertiary/aromatic N) is 3. The fraction of sp³-hybridized carbons (Fsp3) is 0.333. The number of sulfonamides is 1. The number of hydrogen-bond donors (Lipinski definition) is 2. The molecule has 0 amide bonds. The molecule has 0 unspecified atom stereocenters. The van der Waals surface area contributed by atoms with Crippen molar-refractivity contribution in [2.45, 2.75) is 18.5 Å². The maximum absolute atomic E-state index is 12.4. The summed E-state index contributed by atoms with van der Waals surface area (Å²) in [6.07, 6.45) is 0. The molecule has 9 heteroatoms. The van der Waals surface area contributed by atoms with Crippen molar-refractivity contribution in [3.05, 3.63) is 34.4 Å². The molecule has 0 atom stereocenters. The molecule has 0 bridgehead atoms. The zero-order chi connectivity index (χ0) is 15.5. The first-order chi connectivity index (χ1) is 9.94. The second-order valence-electron chi connectivity index (χ2n) is 4.40. The van der Waals surface area contributed by atoms with Crippen molar-refractivity contribution in [2.24, 2.45) is 7.05 Å². The summed E-state index contributed by atoms with van der Waals surface area (Å²) in [4.78, 5) is 0. The third-order valence-corrected chi connectivity index (χ3v) is 5.02. The summed E-state index contributed by atoms with van der Waals surface area (Å²) < 4.78 is 28.7. The van der Waals surface area contributed by atoms with E-state index in [0.29, 0.717) is 12.2 Å². The minimum Gasteiger partial charge on any atom is -0.313 e. The monoisotopic (exact) mass is 373 g/mol. The van der Waals surface area contributed by atoms with Crippen molar-refractivity contribution in [1.29, 1.82) is 0 Å². The summed E-state index contributed by atoms with van der Waals surface area (Å²) >= 11 is 3.09. The number of aromatic nitrogens is 3. The van der Waals surface area contributed by atoms with E-state index in [9.17, 15) is 8.42 Å². The number of halogens is 1. The first-order valence-corrected chi connectivity index (χ1v) is 8.59. The quantitative estimate of drug-likeness (QED) is 0.800. The lowest BCUT2D eigenvalue weighted by atomic mass is 10.2. The van der Waals surface area contributed by atoms with Gasteiger partial charge in [0.15, 0.2) is 4.60 Å². The largest absolute Gasteiger partial charge is 0.313 e. The highest BCUT2D eigenvalue weighted by Gasteiger charge is 2.23. The highest BCUT2D eigenvalue weighted by molar-refractivity contribution is 9.10. The lowest BCUT2D eigenvalue weighted by molar-refractivity contribution is 0.578.